The number of halogens is 1. The van der Waals surface area contributed by atoms with Gasteiger partial charge in [0.05, 0.1) is 18.8 Å². The predicted molar refractivity (Wildman–Crippen MR) is 111 cm³/mol. The third-order valence-corrected chi connectivity index (χ3v) is 5.99. The summed E-state index contributed by atoms with van der Waals surface area (Å²) >= 11 is 6.13. The lowest BCUT2D eigenvalue weighted by molar-refractivity contribution is -0.0547. The van der Waals surface area contributed by atoms with Crippen molar-refractivity contribution >= 4 is 11.6 Å². The number of benzene rings is 2. The number of hydrogen-bond acceptors (Lipinski definition) is 3. The molecule has 0 spiro atoms. The second-order valence-electron chi connectivity index (χ2n) is 7.86. The molecule has 1 aliphatic rings. The van der Waals surface area contributed by atoms with E-state index in [0.29, 0.717) is 5.02 Å². The van der Waals surface area contributed by atoms with Gasteiger partial charge in [-0.25, -0.2) is 0 Å². The van der Waals surface area contributed by atoms with Crippen LogP contribution in [-0.2, 0) is 10.3 Å². The highest BCUT2D eigenvalue weighted by molar-refractivity contribution is 6.30. The van der Waals surface area contributed by atoms with Crippen molar-refractivity contribution in [1.82, 2.24) is 4.90 Å². The molecule has 2 aromatic rings. The molecule has 0 aliphatic carbocycles. The molecule has 3 rings (SSSR count). The topological polar surface area (TPSA) is 32.7 Å². The zero-order valence-corrected chi connectivity index (χ0v) is 17.2. The largest absolute Gasteiger partial charge is 0.384 e. The Morgan fingerprint density at radius 3 is 2.19 bits per heavy atom. The number of morpholine rings is 1. The third-order valence-electron chi connectivity index (χ3n) is 5.74. The number of aliphatic hydroxyl groups is 1. The zero-order valence-electron chi connectivity index (χ0n) is 16.5. The average molecular weight is 388 g/mol. The van der Waals surface area contributed by atoms with Crippen LogP contribution in [-0.4, -0.2) is 42.9 Å². The first kappa shape index (κ1) is 20.3. The molecule has 4 heteroatoms. The number of ether oxygens (including phenoxy) is 1. The van der Waals surface area contributed by atoms with Gasteiger partial charge in [-0.05, 0) is 36.1 Å². The summed E-state index contributed by atoms with van der Waals surface area (Å²) in [5, 5.41) is 12.8. The van der Waals surface area contributed by atoms with E-state index in [2.05, 4.69) is 62.1 Å². The first-order valence-corrected chi connectivity index (χ1v) is 10.1. The van der Waals surface area contributed by atoms with Crippen LogP contribution in [0.4, 0.5) is 0 Å². The molecule has 0 unspecified atom stereocenters. The van der Waals surface area contributed by atoms with E-state index in [0.717, 1.165) is 44.0 Å². The van der Waals surface area contributed by atoms with E-state index < -0.39 is 5.60 Å². The summed E-state index contributed by atoms with van der Waals surface area (Å²) < 4.78 is 5.51. The van der Waals surface area contributed by atoms with Crippen molar-refractivity contribution in [2.24, 2.45) is 5.92 Å². The van der Waals surface area contributed by atoms with Gasteiger partial charge in [0, 0.05) is 30.6 Å². The molecule has 1 heterocycles. The normalized spacial score (nSPS) is 19.0. The van der Waals surface area contributed by atoms with Crippen LogP contribution in [0.1, 0.15) is 36.5 Å². The van der Waals surface area contributed by atoms with Crippen molar-refractivity contribution < 1.29 is 9.84 Å². The summed E-state index contributed by atoms with van der Waals surface area (Å²) in [4.78, 5) is 2.39. The van der Waals surface area contributed by atoms with Gasteiger partial charge in [0.15, 0.2) is 0 Å². The van der Waals surface area contributed by atoms with Gasteiger partial charge in [-0.3, -0.25) is 4.90 Å². The number of rotatable bonds is 6. The summed E-state index contributed by atoms with van der Waals surface area (Å²) in [7, 11) is 0. The highest BCUT2D eigenvalue weighted by atomic mass is 35.5. The summed E-state index contributed by atoms with van der Waals surface area (Å²) in [6, 6.07) is 16.2. The summed E-state index contributed by atoms with van der Waals surface area (Å²) in [5.41, 5.74) is 2.31. The maximum absolute atomic E-state index is 12.1. The lowest BCUT2D eigenvalue weighted by Crippen LogP contribution is -2.47. The molecule has 2 atom stereocenters. The van der Waals surface area contributed by atoms with Crippen molar-refractivity contribution in [3.8, 4) is 0 Å². The van der Waals surface area contributed by atoms with Crippen molar-refractivity contribution in [1.29, 1.82) is 0 Å². The molecule has 0 saturated carbocycles. The standard InChI is InChI=1S/C23H30ClNO2/c1-17(2)23(26,20-8-4-18(3)5-9-20)22(16-25-12-14-27-15-13-25)19-6-10-21(24)11-7-19/h4-11,17,22,26H,12-16H2,1-3H3/t22-,23+/m0/s1. The van der Waals surface area contributed by atoms with E-state index in [1.165, 1.54) is 5.56 Å². The predicted octanol–water partition coefficient (Wildman–Crippen LogP) is 4.61. The minimum Gasteiger partial charge on any atom is -0.384 e. The Hall–Kier alpha value is -1.39. The Bertz CT molecular complexity index is 723. The second-order valence-corrected chi connectivity index (χ2v) is 8.30. The highest BCUT2D eigenvalue weighted by Crippen LogP contribution is 2.43. The van der Waals surface area contributed by atoms with Gasteiger partial charge < -0.3 is 9.84 Å². The van der Waals surface area contributed by atoms with E-state index >= 15 is 0 Å². The molecule has 1 aliphatic heterocycles. The Kier molecular flexibility index (Phi) is 6.59. The van der Waals surface area contributed by atoms with E-state index in [1.54, 1.807) is 0 Å². The number of aryl methyl sites for hydroxylation is 1. The van der Waals surface area contributed by atoms with E-state index in [4.69, 9.17) is 16.3 Å². The first-order chi connectivity index (χ1) is 12.9. The van der Waals surface area contributed by atoms with Crippen molar-refractivity contribution in [2.45, 2.75) is 32.3 Å². The van der Waals surface area contributed by atoms with Crippen molar-refractivity contribution in [3.63, 3.8) is 0 Å². The van der Waals surface area contributed by atoms with Gasteiger partial charge in [0.1, 0.15) is 0 Å². The molecule has 27 heavy (non-hydrogen) atoms. The fourth-order valence-electron chi connectivity index (χ4n) is 3.99. The summed E-state index contributed by atoms with van der Waals surface area (Å²) in [6.07, 6.45) is 0. The minimum atomic E-state index is -0.972. The zero-order chi connectivity index (χ0) is 19.4. The second kappa shape index (κ2) is 8.74. The lowest BCUT2D eigenvalue weighted by atomic mass is 9.70. The van der Waals surface area contributed by atoms with Crippen molar-refractivity contribution in [3.05, 3.63) is 70.2 Å². The molecule has 0 amide bonds. The molecule has 0 radical (unpaired) electrons. The SMILES string of the molecule is Cc1ccc([C@](O)(C(C)C)[C@@H](CN2CCOCC2)c2ccc(Cl)cc2)cc1. The summed E-state index contributed by atoms with van der Waals surface area (Å²) in [6.45, 7) is 10.3. The summed E-state index contributed by atoms with van der Waals surface area (Å²) in [5.74, 6) is -0.00232. The monoisotopic (exact) mass is 387 g/mol. The molecule has 1 saturated heterocycles. The van der Waals surface area contributed by atoms with Crippen LogP contribution in [0.2, 0.25) is 5.02 Å². The van der Waals surface area contributed by atoms with Gasteiger partial charge in [0.25, 0.3) is 0 Å². The Morgan fingerprint density at radius 2 is 1.63 bits per heavy atom. The van der Waals surface area contributed by atoms with Crippen LogP contribution in [0, 0.1) is 12.8 Å². The molecular weight excluding hydrogens is 358 g/mol. The molecule has 0 bridgehead atoms. The first-order valence-electron chi connectivity index (χ1n) is 9.76. The maximum atomic E-state index is 12.1. The van der Waals surface area contributed by atoms with Crippen LogP contribution in [0.5, 0.6) is 0 Å². The van der Waals surface area contributed by atoms with Gasteiger partial charge >= 0.3 is 0 Å². The van der Waals surface area contributed by atoms with E-state index in [-0.39, 0.29) is 11.8 Å². The molecule has 3 nitrogen and oxygen atoms in total. The Balaban J connectivity index is 2.03. The molecule has 146 valence electrons. The Labute approximate surface area is 167 Å². The fourth-order valence-corrected chi connectivity index (χ4v) is 4.12. The van der Waals surface area contributed by atoms with Gasteiger partial charge in [0.2, 0.25) is 0 Å². The van der Waals surface area contributed by atoms with E-state index in [9.17, 15) is 5.11 Å². The van der Waals surface area contributed by atoms with Gasteiger partial charge in [-0.2, -0.15) is 0 Å². The molecule has 1 fully saturated rings. The van der Waals surface area contributed by atoms with Crippen LogP contribution < -0.4 is 0 Å². The third kappa shape index (κ3) is 4.55. The molecule has 1 N–H and O–H groups in total. The van der Waals surface area contributed by atoms with Crippen LogP contribution in [0.15, 0.2) is 48.5 Å². The number of nitrogens with zero attached hydrogens (tertiary/aromatic N) is 1. The quantitative estimate of drug-likeness (QED) is 0.785. The molecule has 0 aromatic heterocycles. The maximum Gasteiger partial charge on any atom is 0.0999 e. The minimum absolute atomic E-state index is 0.0573. The molecule has 2 aromatic carbocycles. The number of hydrogen-bond donors (Lipinski definition) is 1. The van der Waals surface area contributed by atoms with Crippen LogP contribution in [0.25, 0.3) is 0 Å². The fraction of sp³-hybridized carbons (Fsp3) is 0.478. The van der Waals surface area contributed by atoms with Gasteiger partial charge in [-0.15, -0.1) is 0 Å². The van der Waals surface area contributed by atoms with Gasteiger partial charge in [-0.1, -0.05) is 67.4 Å². The highest BCUT2D eigenvalue weighted by Gasteiger charge is 2.43. The molecular formula is C23H30ClNO2. The van der Waals surface area contributed by atoms with Crippen molar-refractivity contribution in [2.75, 3.05) is 32.8 Å². The van der Waals surface area contributed by atoms with Crippen LogP contribution >= 0.6 is 11.6 Å². The van der Waals surface area contributed by atoms with Crippen LogP contribution in [0.3, 0.4) is 0 Å². The lowest BCUT2D eigenvalue weighted by Gasteiger charge is -2.43. The smallest absolute Gasteiger partial charge is 0.0999 e. The van der Waals surface area contributed by atoms with E-state index in [1.807, 2.05) is 12.1 Å². The average Bonchev–Trinajstić information content (AvgIpc) is 2.67. The Morgan fingerprint density at radius 1 is 1.04 bits per heavy atom.